The lowest BCUT2D eigenvalue weighted by Crippen LogP contribution is -2.51. The van der Waals surface area contributed by atoms with E-state index in [1.54, 1.807) is 37.3 Å². The zero-order chi connectivity index (χ0) is 26.3. The molecule has 10 heteroatoms. The maximum Gasteiger partial charge on any atom is 0.244 e. The van der Waals surface area contributed by atoms with E-state index in [2.05, 4.69) is 5.32 Å². The second-order valence-electron chi connectivity index (χ2n) is 8.82. The van der Waals surface area contributed by atoms with E-state index in [1.165, 1.54) is 4.90 Å². The van der Waals surface area contributed by atoms with Gasteiger partial charge in [-0.05, 0) is 48.6 Å². The Bertz CT molecular complexity index is 1160. The SMILES string of the molecule is CCc1ccccc1N(CC(=O)N(Cc1ccc(Cl)cc1Cl)C(C)C(=O)NCC(C)C)S(C)(=O)=O. The lowest BCUT2D eigenvalue weighted by atomic mass is 10.1. The van der Waals surface area contributed by atoms with Crippen LogP contribution >= 0.6 is 23.2 Å². The Balaban J connectivity index is 2.44. The highest BCUT2D eigenvalue weighted by molar-refractivity contribution is 7.92. The highest BCUT2D eigenvalue weighted by atomic mass is 35.5. The van der Waals surface area contributed by atoms with Gasteiger partial charge in [0.1, 0.15) is 12.6 Å². The van der Waals surface area contributed by atoms with Crippen molar-refractivity contribution in [2.75, 3.05) is 23.7 Å². The Morgan fingerprint density at radius 1 is 1.03 bits per heavy atom. The first-order chi connectivity index (χ1) is 16.3. The number of aryl methyl sites for hydroxylation is 1. The maximum atomic E-state index is 13.6. The highest BCUT2D eigenvalue weighted by Gasteiger charge is 2.31. The van der Waals surface area contributed by atoms with Crippen molar-refractivity contribution < 1.29 is 18.0 Å². The number of anilines is 1. The lowest BCUT2D eigenvalue weighted by molar-refractivity contribution is -0.139. The van der Waals surface area contributed by atoms with Crippen molar-refractivity contribution in [2.45, 2.75) is 46.7 Å². The van der Waals surface area contributed by atoms with Crippen molar-refractivity contribution in [3.8, 4) is 0 Å². The van der Waals surface area contributed by atoms with E-state index < -0.39 is 28.5 Å². The summed E-state index contributed by atoms with van der Waals surface area (Å²) < 4.78 is 26.5. The smallest absolute Gasteiger partial charge is 0.244 e. The van der Waals surface area contributed by atoms with Crippen molar-refractivity contribution in [1.29, 1.82) is 0 Å². The van der Waals surface area contributed by atoms with Gasteiger partial charge >= 0.3 is 0 Å². The standard InChI is InChI=1S/C25H33Cl2N3O4S/c1-6-19-9-7-8-10-23(19)30(35(5,33)34)16-24(31)29(18(4)25(32)28-14-17(2)3)15-20-11-12-21(26)13-22(20)27/h7-13,17-18H,6,14-16H2,1-5H3,(H,28,32). The van der Waals surface area contributed by atoms with Crippen LogP contribution in [0.3, 0.4) is 0 Å². The maximum absolute atomic E-state index is 13.6. The van der Waals surface area contributed by atoms with Crippen molar-refractivity contribution >= 4 is 50.7 Å². The van der Waals surface area contributed by atoms with E-state index in [1.807, 2.05) is 32.9 Å². The summed E-state index contributed by atoms with van der Waals surface area (Å²) in [7, 11) is -3.79. The Kier molecular flexibility index (Phi) is 10.4. The van der Waals surface area contributed by atoms with E-state index in [0.29, 0.717) is 34.3 Å². The summed E-state index contributed by atoms with van der Waals surface area (Å²) in [6.07, 6.45) is 1.65. The van der Waals surface area contributed by atoms with Crippen LogP contribution in [-0.2, 0) is 32.6 Å². The first-order valence-corrected chi connectivity index (χ1v) is 14.0. The number of para-hydroxylation sites is 1. The van der Waals surface area contributed by atoms with Crippen LogP contribution in [0.1, 0.15) is 38.8 Å². The predicted molar refractivity (Wildman–Crippen MR) is 142 cm³/mol. The number of rotatable bonds is 11. The fourth-order valence-electron chi connectivity index (χ4n) is 3.52. The van der Waals surface area contributed by atoms with Crippen LogP contribution in [0.15, 0.2) is 42.5 Å². The van der Waals surface area contributed by atoms with Crippen LogP contribution in [0.2, 0.25) is 10.0 Å². The quantitative estimate of drug-likeness (QED) is 0.453. The molecule has 0 fully saturated rings. The minimum atomic E-state index is -3.79. The first-order valence-electron chi connectivity index (χ1n) is 11.4. The van der Waals surface area contributed by atoms with E-state index in [0.717, 1.165) is 16.1 Å². The van der Waals surface area contributed by atoms with Crippen LogP contribution in [0.25, 0.3) is 0 Å². The summed E-state index contributed by atoms with van der Waals surface area (Å²) in [5.41, 5.74) is 1.82. The van der Waals surface area contributed by atoms with E-state index in [-0.39, 0.29) is 18.4 Å². The van der Waals surface area contributed by atoms with Gasteiger partial charge in [0.05, 0.1) is 11.9 Å². The number of carbonyl (C=O) groups is 2. The highest BCUT2D eigenvalue weighted by Crippen LogP contribution is 2.26. The number of sulfonamides is 1. The van der Waals surface area contributed by atoms with Gasteiger partial charge in [-0.2, -0.15) is 0 Å². The van der Waals surface area contributed by atoms with Gasteiger partial charge in [-0.3, -0.25) is 13.9 Å². The van der Waals surface area contributed by atoms with Gasteiger partial charge in [0.2, 0.25) is 21.8 Å². The predicted octanol–water partition coefficient (Wildman–Crippen LogP) is 4.51. The molecule has 0 heterocycles. The molecular weight excluding hydrogens is 509 g/mol. The van der Waals surface area contributed by atoms with E-state index in [9.17, 15) is 18.0 Å². The van der Waals surface area contributed by atoms with Gasteiger partial charge in [-0.15, -0.1) is 0 Å². The summed E-state index contributed by atoms with van der Waals surface area (Å²) in [6, 6.07) is 11.1. The molecule has 0 radical (unpaired) electrons. The second-order valence-corrected chi connectivity index (χ2v) is 11.6. The third kappa shape index (κ3) is 8.12. The average molecular weight is 543 g/mol. The van der Waals surface area contributed by atoms with Gasteiger partial charge in [0.25, 0.3) is 0 Å². The topological polar surface area (TPSA) is 86.8 Å². The number of amides is 2. The largest absolute Gasteiger partial charge is 0.354 e. The van der Waals surface area contributed by atoms with Gasteiger partial charge in [0, 0.05) is 23.1 Å². The van der Waals surface area contributed by atoms with Gasteiger partial charge < -0.3 is 10.2 Å². The molecular formula is C25H33Cl2N3O4S. The number of carbonyl (C=O) groups excluding carboxylic acids is 2. The summed E-state index contributed by atoms with van der Waals surface area (Å²) in [6.45, 7) is 7.47. The number of hydrogen-bond donors (Lipinski definition) is 1. The van der Waals surface area contributed by atoms with Gasteiger partial charge in [-0.1, -0.05) is 68.2 Å². The normalized spacial score (nSPS) is 12.3. The summed E-state index contributed by atoms with van der Waals surface area (Å²) in [4.78, 5) is 27.8. The van der Waals surface area contributed by atoms with Crippen molar-refractivity contribution in [3.63, 3.8) is 0 Å². The molecule has 1 atom stereocenters. The molecule has 0 spiro atoms. The van der Waals surface area contributed by atoms with Crippen LogP contribution in [0.4, 0.5) is 5.69 Å². The molecule has 7 nitrogen and oxygen atoms in total. The summed E-state index contributed by atoms with van der Waals surface area (Å²) in [5, 5.41) is 3.63. The van der Waals surface area contributed by atoms with Crippen molar-refractivity contribution in [2.24, 2.45) is 5.92 Å². The molecule has 2 aromatic rings. The molecule has 35 heavy (non-hydrogen) atoms. The molecule has 0 saturated heterocycles. The zero-order valence-electron chi connectivity index (χ0n) is 20.7. The molecule has 2 aromatic carbocycles. The minimum Gasteiger partial charge on any atom is -0.354 e. The lowest BCUT2D eigenvalue weighted by Gasteiger charge is -2.32. The van der Waals surface area contributed by atoms with Crippen molar-refractivity contribution in [1.82, 2.24) is 10.2 Å². The van der Waals surface area contributed by atoms with E-state index in [4.69, 9.17) is 23.2 Å². The molecule has 0 aliphatic heterocycles. The molecule has 0 aliphatic rings. The molecule has 2 rings (SSSR count). The Morgan fingerprint density at radius 2 is 1.69 bits per heavy atom. The summed E-state index contributed by atoms with van der Waals surface area (Å²) >= 11 is 12.4. The third-order valence-corrected chi connectivity index (χ3v) is 7.24. The van der Waals surface area contributed by atoms with Crippen LogP contribution in [-0.4, -0.2) is 50.5 Å². The molecule has 0 saturated carbocycles. The zero-order valence-corrected chi connectivity index (χ0v) is 23.0. The third-order valence-electron chi connectivity index (χ3n) is 5.53. The fraction of sp³-hybridized carbons (Fsp3) is 0.440. The Labute approximate surface area is 218 Å². The molecule has 0 bridgehead atoms. The monoisotopic (exact) mass is 541 g/mol. The molecule has 192 valence electrons. The summed E-state index contributed by atoms with van der Waals surface area (Å²) in [5.74, 6) is -0.635. The second kappa shape index (κ2) is 12.6. The Morgan fingerprint density at radius 3 is 2.26 bits per heavy atom. The molecule has 0 aromatic heterocycles. The number of benzene rings is 2. The van der Waals surface area contributed by atoms with E-state index >= 15 is 0 Å². The number of halogens is 2. The van der Waals surface area contributed by atoms with Crippen molar-refractivity contribution in [3.05, 3.63) is 63.6 Å². The average Bonchev–Trinajstić information content (AvgIpc) is 2.79. The molecule has 1 unspecified atom stereocenters. The van der Waals surface area contributed by atoms with Gasteiger partial charge in [0.15, 0.2) is 0 Å². The first kappa shape index (κ1) is 28.9. The fourth-order valence-corrected chi connectivity index (χ4v) is 4.86. The Hall–Kier alpha value is -2.29. The van der Waals surface area contributed by atoms with Gasteiger partial charge in [-0.25, -0.2) is 8.42 Å². The molecule has 1 N–H and O–H groups in total. The number of nitrogens with one attached hydrogen (secondary N) is 1. The number of nitrogens with zero attached hydrogens (tertiary/aromatic N) is 2. The number of hydrogen-bond acceptors (Lipinski definition) is 4. The molecule has 2 amide bonds. The minimum absolute atomic E-state index is 0.0120. The van der Waals surface area contributed by atoms with Crippen LogP contribution in [0, 0.1) is 5.92 Å². The molecule has 0 aliphatic carbocycles. The van der Waals surface area contributed by atoms with Crippen LogP contribution < -0.4 is 9.62 Å². The van der Waals surface area contributed by atoms with Crippen LogP contribution in [0.5, 0.6) is 0 Å².